The van der Waals surface area contributed by atoms with Crippen LogP contribution < -0.4 is 0 Å². The van der Waals surface area contributed by atoms with E-state index < -0.39 is 17.1 Å². The van der Waals surface area contributed by atoms with Crippen molar-refractivity contribution in [1.29, 1.82) is 0 Å². The predicted molar refractivity (Wildman–Crippen MR) is 116 cm³/mol. The molecule has 1 N–H and O–H groups in total. The molecule has 166 valence electrons. The number of thioether (sulfide) groups is 1. The Balaban J connectivity index is 1.50. The van der Waals surface area contributed by atoms with Crippen molar-refractivity contribution >= 4 is 40.9 Å². The molecule has 2 aliphatic rings. The van der Waals surface area contributed by atoms with Crippen molar-refractivity contribution < 1.29 is 33.4 Å². The molecule has 0 aliphatic carbocycles. The highest BCUT2D eigenvalue weighted by Crippen LogP contribution is 2.34. The lowest BCUT2D eigenvalue weighted by Gasteiger charge is -2.27. The van der Waals surface area contributed by atoms with E-state index in [1.54, 1.807) is 23.1 Å². The summed E-state index contributed by atoms with van der Waals surface area (Å²) in [4.78, 5) is 51.3. The first-order valence-corrected chi connectivity index (χ1v) is 10.7. The Labute approximate surface area is 187 Å². The number of ether oxygens (including phenoxy) is 1. The Morgan fingerprint density at radius 3 is 2.62 bits per heavy atom. The van der Waals surface area contributed by atoms with Crippen molar-refractivity contribution in [3.05, 3.63) is 52.1 Å². The molecule has 2 fully saturated rings. The number of aromatic carboxylic acids is 1. The van der Waals surface area contributed by atoms with E-state index in [-0.39, 0.29) is 22.9 Å². The van der Waals surface area contributed by atoms with Gasteiger partial charge in [0.15, 0.2) is 0 Å². The highest BCUT2D eigenvalue weighted by Gasteiger charge is 2.37. The first kappa shape index (κ1) is 21.8. The number of carbonyl (C=O) groups is 4. The van der Waals surface area contributed by atoms with E-state index in [1.807, 2.05) is 6.92 Å². The molecule has 0 atom stereocenters. The van der Waals surface area contributed by atoms with Crippen LogP contribution in [-0.2, 0) is 14.3 Å². The fourth-order valence-corrected chi connectivity index (χ4v) is 4.23. The van der Waals surface area contributed by atoms with Gasteiger partial charge in [0.25, 0.3) is 11.1 Å². The van der Waals surface area contributed by atoms with Gasteiger partial charge in [-0.25, -0.2) is 4.79 Å². The number of amides is 3. The molecular weight excluding hydrogens is 436 g/mol. The lowest BCUT2D eigenvalue weighted by Crippen LogP contribution is -2.46. The van der Waals surface area contributed by atoms with Crippen molar-refractivity contribution in [1.82, 2.24) is 9.80 Å². The zero-order valence-corrected chi connectivity index (χ0v) is 18.0. The van der Waals surface area contributed by atoms with E-state index in [4.69, 9.17) is 9.15 Å². The average Bonchev–Trinajstić information content (AvgIpc) is 3.34. The van der Waals surface area contributed by atoms with Crippen LogP contribution in [0.4, 0.5) is 4.79 Å². The molecule has 0 unspecified atom stereocenters. The lowest BCUT2D eigenvalue weighted by molar-refractivity contribution is -0.139. The molecule has 0 saturated carbocycles. The fraction of sp³-hybridized carbons (Fsp3) is 0.273. The van der Waals surface area contributed by atoms with Crippen molar-refractivity contribution in [2.45, 2.75) is 6.92 Å². The largest absolute Gasteiger partial charge is 0.478 e. The second-order valence-corrected chi connectivity index (χ2v) is 8.29. The number of hydrogen-bond acceptors (Lipinski definition) is 7. The number of furan rings is 1. The average molecular weight is 456 g/mol. The van der Waals surface area contributed by atoms with Crippen molar-refractivity contribution in [2.75, 3.05) is 32.8 Å². The maximum absolute atomic E-state index is 12.7. The fourth-order valence-electron chi connectivity index (χ4n) is 3.41. The lowest BCUT2D eigenvalue weighted by atomic mass is 10.0. The standard InChI is InChI=1S/C22H20N2O7S/c1-13-2-3-14(21(27)28)10-16(13)17-5-4-15(31-17)11-18-20(26)24(22(29)32-18)12-19(25)23-6-8-30-9-7-23/h2-5,10-11H,6-9,12H2,1H3,(H,27,28)/b18-11+. The summed E-state index contributed by atoms with van der Waals surface area (Å²) in [6, 6.07) is 8.03. The van der Waals surface area contributed by atoms with E-state index >= 15 is 0 Å². The van der Waals surface area contributed by atoms with Crippen LogP contribution in [0.3, 0.4) is 0 Å². The van der Waals surface area contributed by atoms with E-state index in [0.717, 1.165) is 22.2 Å². The van der Waals surface area contributed by atoms with Crippen LogP contribution in [0.2, 0.25) is 0 Å². The van der Waals surface area contributed by atoms with Gasteiger partial charge in [0.1, 0.15) is 18.1 Å². The minimum atomic E-state index is -1.04. The van der Waals surface area contributed by atoms with Gasteiger partial charge in [0.2, 0.25) is 5.91 Å². The van der Waals surface area contributed by atoms with Gasteiger partial charge in [-0.3, -0.25) is 19.3 Å². The second-order valence-electron chi connectivity index (χ2n) is 7.30. The topological polar surface area (TPSA) is 117 Å². The van der Waals surface area contributed by atoms with Gasteiger partial charge < -0.3 is 19.2 Å². The smallest absolute Gasteiger partial charge is 0.335 e. The quantitative estimate of drug-likeness (QED) is 0.683. The summed E-state index contributed by atoms with van der Waals surface area (Å²) in [7, 11) is 0. The molecule has 2 saturated heterocycles. The van der Waals surface area contributed by atoms with Gasteiger partial charge in [0, 0.05) is 24.7 Å². The van der Waals surface area contributed by atoms with Gasteiger partial charge in [-0.1, -0.05) is 6.07 Å². The summed E-state index contributed by atoms with van der Waals surface area (Å²) < 4.78 is 11.0. The number of benzene rings is 1. The molecule has 9 nitrogen and oxygen atoms in total. The van der Waals surface area contributed by atoms with E-state index in [1.165, 1.54) is 18.2 Å². The van der Waals surface area contributed by atoms with Gasteiger partial charge in [-0.15, -0.1) is 0 Å². The van der Waals surface area contributed by atoms with Gasteiger partial charge in [-0.05, 0) is 48.5 Å². The summed E-state index contributed by atoms with van der Waals surface area (Å²) in [5, 5.41) is 8.70. The third kappa shape index (κ3) is 4.46. The summed E-state index contributed by atoms with van der Waals surface area (Å²) >= 11 is 0.745. The van der Waals surface area contributed by atoms with Gasteiger partial charge >= 0.3 is 5.97 Å². The number of rotatable bonds is 5. The van der Waals surface area contributed by atoms with Crippen LogP contribution >= 0.6 is 11.8 Å². The number of morpholine rings is 1. The number of aryl methyl sites for hydroxylation is 1. The maximum Gasteiger partial charge on any atom is 0.335 e. The Hall–Kier alpha value is -3.37. The molecule has 2 aromatic rings. The number of carboxylic acid groups (broad SMARTS) is 1. The third-order valence-corrected chi connectivity index (χ3v) is 6.09. The van der Waals surface area contributed by atoms with Crippen LogP contribution in [0.25, 0.3) is 17.4 Å². The first-order chi connectivity index (χ1) is 15.3. The molecule has 3 amide bonds. The molecule has 3 heterocycles. The molecule has 0 bridgehead atoms. The van der Waals surface area contributed by atoms with E-state index in [0.29, 0.717) is 43.4 Å². The molecule has 1 aromatic carbocycles. The van der Waals surface area contributed by atoms with Crippen molar-refractivity contribution in [3.63, 3.8) is 0 Å². The summed E-state index contributed by atoms with van der Waals surface area (Å²) in [5.74, 6) is -1.11. The minimum absolute atomic E-state index is 0.134. The molecule has 2 aliphatic heterocycles. The molecule has 0 spiro atoms. The number of nitrogens with zero attached hydrogens (tertiary/aromatic N) is 2. The maximum atomic E-state index is 12.7. The predicted octanol–water partition coefficient (Wildman–Crippen LogP) is 2.85. The highest BCUT2D eigenvalue weighted by molar-refractivity contribution is 8.18. The van der Waals surface area contributed by atoms with Crippen molar-refractivity contribution in [3.8, 4) is 11.3 Å². The van der Waals surface area contributed by atoms with Crippen LogP contribution in [0.1, 0.15) is 21.7 Å². The number of carboxylic acids is 1. The van der Waals surface area contributed by atoms with Crippen LogP contribution in [0.15, 0.2) is 39.7 Å². The zero-order valence-electron chi connectivity index (χ0n) is 17.2. The number of hydrogen-bond donors (Lipinski definition) is 1. The Bertz CT molecular complexity index is 1130. The number of imide groups is 1. The highest BCUT2D eigenvalue weighted by atomic mass is 32.2. The molecule has 10 heteroatoms. The van der Waals surface area contributed by atoms with Crippen molar-refractivity contribution in [2.24, 2.45) is 0 Å². The third-order valence-electron chi connectivity index (χ3n) is 5.18. The first-order valence-electron chi connectivity index (χ1n) is 9.88. The second kappa shape index (κ2) is 9.01. The normalized spacial score (nSPS) is 18.0. The Kier molecular flexibility index (Phi) is 6.15. The minimum Gasteiger partial charge on any atom is -0.478 e. The Morgan fingerprint density at radius 2 is 1.91 bits per heavy atom. The summed E-state index contributed by atoms with van der Waals surface area (Å²) in [6.45, 7) is 3.25. The van der Waals surface area contributed by atoms with Crippen LogP contribution in [-0.4, -0.2) is 70.8 Å². The zero-order chi connectivity index (χ0) is 22.8. The van der Waals surface area contributed by atoms with Gasteiger partial charge in [0.05, 0.1) is 23.7 Å². The summed E-state index contributed by atoms with van der Waals surface area (Å²) in [5.41, 5.74) is 1.58. The molecule has 0 radical (unpaired) electrons. The molecule has 1 aromatic heterocycles. The summed E-state index contributed by atoms with van der Waals surface area (Å²) in [6.07, 6.45) is 1.45. The van der Waals surface area contributed by atoms with E-state index in [2.05, 4.69) is 0 Å². The SMILES string of the molecule is Cc1ccc(C(=O)O)cc1-c1ccc(/C=C2/SC(=O)N(CC(=O)N3CCOCC3)C2=O)o1. The van der Waals surface area contributed by atoms with Gasteiger partial charge in [-0.2, -0.15) is 0 Å². The van der Waals surface area contributed by atoms with Crippen LogP contribution in [0.5, 0.6) is 0 Å². The number of carbonyl (C=O) groups excluding carboxylic acids is 3. The molecular formula is C22H20N2O7S. The molecule has 4 rings (SSSR count). The molecule has 32 heavy (non-hydrogen) atoms. The van der Waals surface area contributed by atoms with E-state index in [9.17, 15) is 24.3 Å². The van der Waals surface area contributed by atoms with Crippen LogP contribution in [0, 0.1) is 6.92 Å². The monoisotopic (exact) mass is 456 g/mol. The Morgan fingerprint density at radius 1 is 1.16 bits per heavy atom.